The van der Waals surface area contributed by atoms with Gasteiger partial charge in [-0.25, -0.2) is 0 Å². The molecule has 0 aliphatic rings. The van der Waals surface area contributed by atoms with Gasteiger partial charge in [0.15, 0.2) is 0 Å². The lowest BCUT2D eigenvalue weighted by Gasteiger charge is -2.16. The molecule has 0 radical (unpaired) electrons. The van der Waals surface area contributed by atoms with Crippen LogP contribution in [0.2, 0.25) is 0 Å². The highest BCUT2D eigenvalue weighted by molar-refractivity contribution is 6.17. The first kappa shape index (κ1) is 12.8. The van der Waals surface area contributed by atoms with E-state index in [-0.39, 0.29) is 0 Å². The maximum atomic E-state index is 5.64. The van der Waals surface area contributed by atoms with Crippen LogP contribution in [-0.2, 0) is 13.0 Å². The molecule has 0 spiro atoms. The Morgan fingerprint density at radius 2 is 2.22 bits per heavy atom. The molecule has 6 heteroatoms. The number of aryl methyl sites for hydroxylation is 1. The Balaban J connectivity index is 2.08. The van der Waals surface area contributed by atoms with E-state index in [0.29, 0.717) is 30.8 Å². The zero-order valence-corrected chi connectivity index (χ0v) is 11.0. The van der Waals surface area contributed by atoms with Crippen molar-refractivity contribution < 1.29 is 4.42 Å². The summed E-state index contributed by atoms with van der Waals surface area (Å²) in [5.74, 6) is 1.05. The van der Waals surface area contributed by atoms with Crippen molar-refractivity contribution in [3.05, 3.63) is 36.0 Å². The Hall–Kier alpha value is -1.62. The molecular formula is C12H15ClN4O. The van der Waals surface area contributed by atoms with Crippen LogP contribution in [0.5, 0.6) is 0 Å². The highest BCUT2D eigenvalue weighted by atomic mass is 35.5. The van der Waals surface area contributed by atoms with E-state index >= 15 is 0 Å². The molecule has 0 aliphatic carbocycles. The maximum Gasteiger partial charge on any atom is 0.318 e. The van der Waals surface area contributed by atoms with Gasteiger partial charge in [-0.1, -0.05) is 11.2 Å². The molecule has 0 amide bonds. The summed E-state index contributed by atoms with van der Waals surface area (Å²) in [6.07, 6.45) is 2.37. The quantitative estimate of drug-likeness (QED) is 0.751. The van der Waals surface area contributed by atoms with Crippen molar-refractivity contribution in [1.29, 1.82) is 0 Å². The zero-order valence-electron chi connectivity index (χ0n) is 10.2. The molecule has 0 bridgehead atoms. The number of aromatic nitrogens is 3. The summed E-state index contributed by atoms with van der Waals surface area (Å²) in [4.78, 5) is 6.26. The van der Waals surface area contributed by atoms with Crippen molar-refractivity contribution in [3.63, 3.8) is 0 Å². The summed E-state index contributed by atoms with van der Waals surface area (Å²) in [5, 5.41) is 7.98. The second kappa shape index (κ2) is 6.35. The van der Waals surface area contributed by atoms with Crippen molar-refractivity contribution in [2.75, 3.05) is 17.3 Å². The molecule has 2 rings (SSSR count). The van der Waals surface area contributed by atoms with Gasteiger partial charge in [-0.2, -0.15) is 0 Å². The van der Waals surface area contributed by atoms with Crippen molar-refractivity contribution in [2.24, 2.45) is 0 Å². The van der Waals surface area contributed by atoms with E-state index in [1.54, 1.807) is 6.20 Å². The third kappa shape index (κ3) is 3.20. The summed E-state index contributed by atoms with van der Waals surface area (Å²) in [6, 6.07) is 6.34. The van der Waals surface area contributed by atoms with E-state index in [9.17, 15) is 0 Å². The molecule has 2 heterocycles. The highest BCUT2D eigenvalue weighted by Gasteiger charge is 2.13. The van der Waals surface area contributed by atoms with Crippen LogP contribution in [0.25, 0.3) is 0 Å². The smallest absolute Gasteiger partial charge is 0.318 e. The minimum absolute atomic E-state index is 0.480. The highest BCUT2D eigenvalue weighted by Crippen LogP contribution is 2.15. The van der Waals surface area contributed by atoms with Crippen molar-refractivity contribution >= 4 is 17.6 Å². The van der Waals surface area contributed by atoms with Gasteiger partial charge in [0, 0.05) is 25.0 Å². The van der Waals surface area contributed by atoms with Crippen LogP contribution in [0.3, 0.4) is 0 Å². The average molecular weight is 267 g/mol. The Morgan fingerprint density at radius 1 is 1.33 bits per heavy atom. The van der Waals surface area contributed by atoms with Crippen LogP contribution in [0.15, 0.2) is 28.8 Å². The molecule has 0 unspecified atom stereocenters. The molecular weight excluding hydrogens is 252 g/mol. The minimum atomic E-state index is 0.480. The number of nitrogens with zero attached hydrogens (tertiary/aromatic N) is 4. The van der Waals surface area contributed by atoms with Crippen LogP contribution < -0.4 is 4.90 Å². The van der Waals surface area contributed by atoms with Crippen molar-refractivity contribution in [2.45, 2.75) is 19.9 Å². The Bertz CT molecular complexity index is 474. The standard InChI is InChI=1S/C12H15ClN4O/c1-2-17(9-10-5-3-4-8-14-10)12-16-15-11(18-12)6-7-13/h3-5,8H,2,6-7,9H2,1H3. The number of hydrogen-bond donors (Lipinski definition) is 0. The zero-order chi connectivity index (χ0) is 12.8. The molecule has 0 atom stereocenters. The third-order valence-electron chi connectivity index (χ3n) is 2.50. The van der Waals surface area contributed by atoms with E-state index in [1.165, 1.54) is 0 Å². The van der Waals surface area contributed by atoms with Crippen LogP contribution in [-0.4, -0.2) is 27.6 Å². The first-order chi connectivity index (χ1) is 8.83. The van der Waals surface area contributed by atoms with E-state index in [4.69, 9.17) is 16.0 Å². The average Bonchev–Trinajstić information content (AvgIpc) is 2.86. The lowest BCUT2D eigenvalue weighted by Crippen LogP contribution is -2.22. The third-order valence-corrected chi connectivity index (χ3v) is 2.68. The molecule has 2 aromatic heterocycles. The Kier molecular flexibility index (Phi) is 4.52. The van der Waals surface area contributed by atoms with Gasteiger partial charge in [-0.05, 0) is 19.1 Å². The fraction of sp³-hybridized carbons (Fsp3) is 0.417. The molecule has 2 aromatic rings. The van der Waals surface area contributed by atoms with E-state index in [0.717, 1.165) is 12.2 Å². The normalized spacial score (nSPS) is 10.6. The van der Waals surface area contributed by atoms with E-state index in [1.807, 2.05) is 30.0 Å². The molecule has 5 nitrogen and oxygen atoms in total. The lowest BCUT2D eigenvalue weighted by molar-refractivity contribution is 0.488. The summed E-state index contributed by atoms with van der Waals surface area (Å²) >= 11 is 5.64. The molecule has 0 aliphatic heterocycles. The monoisotopic (exact) mass is 266 g/mol. The SMILES string of the molecule is CCN(Cc1ccccn1)c1nnc(CCCl)o1. The maximum absolute atomic E-state index is 5.64. The number of hydrogen-bond acceptors (Lipinski definition) is 5. The van der Waals surface area contributed by atoms with Gasteiger partial charge < -0.3 is 9.32 Å². The molecule has 0 fully saturated rings. The van der Waals surface area contributed by atoms with Gasteiger partial charge >= 0.3 is 6.01 Å². The minimum Gasteiger partial charge on any atom is -0.408 e. The second-order valence-electron chi connectivity index (χ2n) is 3.75. The number of anilines is 1. The largest absolute Gasteiger partial charge is 0.408 e. The molecule has 0 saturated heterocycles. The van der Waals surface area contributed by atoms with Crippen LogP contribution in [0.1, 0.15) is 18.5 Å². The predicted molar refractivity (Wildman–Crippen MR) is 69.7 cm³/mol. The number of rotatable bonds is 6. The first-order valence-electron chi connectivity index (χ1n) is 5.86. The molecule has 0 saturated carbocycles. The summed E-state index contributed by atoms with van der Waals surface area (Å²) in [6.45, 7) is 3.47. The van der Waals surface area contributed by atoms with Gasteiger partial charge in [0.25, 0.3) is 0 Å². The van der Waals surface area contributed by atoms with Crippen molar-refractivity contribution in [1.82, 2.24) is 15.2 Å². The van der Waals surface area contributed by atoms with Crippen LogP contribution in [0, 0.1) is 0 Å². The Morgan fingerprint density at radius 3 is 2.89 bits per heavy atom. The molecule has 18 heavy (non-hydrogen) atoms. The van der Waals surface area contributed by atoms with Crippen molar-refractivity contribution in [3.8, 4) is 0 Å². The van der Waals surface area contributed by atoms with Crippen LogP contribution >= 0.6 is 11.6 Å². The molecule has 0 aromatic carbocycles. The predicted octanol–water partition coefficient (Wildman–Crippen LogP) is 2.27. The summed E-state index contributed by atoms with van der Waals surface area (Å²) < 4.78 is 5.54. The fourth-order valence-electron chi connectivity index (χ4n) is 1.56. The lowest BCUT2D eigenvalue weighted by atomic mass is 10.3. The summed E-state index contributed by atoms with van der Waals surface area (Å²) in [5.41, 5.74) is 0.969. The number of halogens is 1. The van der Waals surface area contributed by atoms with Crippen LogP contribution in [0.4, 0.5) is 6.01 Å². The van der Waals surface area contributed by atoms with E-state index < -0.39 is 0 Å². The van der Waals surface area contributed by atoms with Gasteiger partial charge in [-0.3, -0.25) is 4.98 Å². The van der Waals surface area contributed by atoms with Gasteiger partial charge in [0.2, 0.25) is 5.89 Å². The Labute approximate surface area is 111 Å². The fourth-order valence-corrected chi connectivity index (χ4v) is 1.72. The topological polar surface area (TPSA) is 55.1 Å². The first-order valence-corrected chi connectivity index (χ1v) is 6.40. The van der Waals surface area contributed by atoms with Gasteiger partial charge in [0.1, 0.15) is 0 Å². The molecule has 0 N–H and O–H groups in total. The molecule has 96 valence electrons. The van der Waals surface area contributed by atoms with E-state index in [2.05, 4.69) is 15.2 Å². The second-order valence-corrected chi connectivity index (χ2v) is 4.13. The number of alkyl halides is 1. The van der Waals surface area contributed by atoms with Gasteiger partial charge in [0.05, 0.1) is 12.2 Å². The summed E-state index contributed by atoms with van der Waals surface area (Å²) in [7, 11) is 0. The van der Waals surface area contributed by atoms with Gasteiger partial charge in [-0.15, -0.1) is 16.7 Å². The number of pyridine rings is 1.